The highest BCUT2D eigenvalue weighted by molar-refractivity contribution is 7.43. The second-order valence-electron chi connectivity index (χ2n) is 7.18. The van der Waals surface area contributed by atoms with Gasteiger partial charge in [-0.05, 0) is 0 Å². The van der Waals surface area contributed by atoms with Crippen molar-refractivity contribution in [3.05, 3.63) is 0 Å². The molecule has 0 atom stereocenters. The van der Waals surface area contributed by atoms with Crippen LogP contribution in [0, 0.1) is 0 Å². The van der Waals surface area contributed by atoms with Gasteiger partial charge in [0, 0.05) is 0 Å². The Morgan fingerprint density at radius 2 is 0.562 bits per heavy atom. The molecule has 0 aromatic heterocycles. The van der Waals surface area contributed by atoms with Gasteiger partial charge in [-0.15, -0.1) is 0 Å². The van der Waals surface area contributed by atoms with Crippen LogP contribution in [0.3, 0.4) is 0 Å². The van der Waals surface area contributed by atoms with E-state index in [4.69, 9.17) is 0 Å². The lowest BCUT2D eigenvalue weighted by molar-refractivity contribution is 0.870. The van der Waals surface area contributed by atoms with Gasteiger partial charge in [0.15, 0.2) is 0 Å². The Bertz CT molecular complexity index is 177. The third-order valence-electron chi connectivity index (χ3n) is 5.96. The molecule has 0 nitrogen and oxygen atoms in total. The first-order chi connectivity index (χ1) is 7.02. The quantitative estimate of drug-likeness (QED) is 0.542. The van der Waals surface area contributed by atoms with Gasteiger partial charge in [-0.1, -0.05) is 90.6 Å². The Kier molecular flexibility index (Phi) is 5.53. The van der Waals surface area contributed by atoms with Crippen molar-refractivity contribution in [2.24, 2.45) is 0 Å². The van der Waals surface area contributed by atoms with Gasteiger partial charge < -0.3 is 0 Å². The molecule has 0 aliphatic carbocycles. The summed E-state index contributed by atoms with van der Waals surface area (Å²) in [5.74, 6) is 0. The van der Waals surface area contributed by atoms with E-state index in [-0.39, 0.29) is 0 Å². The van der Waals surface area contributed by atoms with Crippen molar-refractivity contribution in [2.75, 3.05) is 0 Å². The Morgan fingerprint density at radius 1 is 0.438 bits per heavy atom. The normalized spacial score (nSPS) is 14.6. The van der Waals surface area contributed by atoms with Gasteiger partial charge in [0.25, 0.3) is 0 Å². The Morgan fingerprint density at radius 3 is 0.625 bits per heavy atom. The molecule has 0 aromatic rings. The minimum absolute atomic E-state index is 0.925. The van der Waals surface area contributed by atoms with E-state index in [1.54, 1.807) is 0 Å². The topological polar surface area (TPSA) is 0 Å². The summed E-state index contributed by atoms with van der Waals surface area (Å²) in [5, 5.41) is 0. The van der Waals surface area contributed by atoms with Crippen LogP contribution in [0.1, 0.15) is 55.4 Å². The molecule has 98 valence electrons. The summed E-state index contributed by atoms with van der Waals surface area (Å²) in [7, 11) is -2.29. The van der Waals surface area contributed by atoms with Crippen molar-refractivity contribution < 1.29 is 0 Å². The zero-order valence-electron chi connectivity index (χ0n) is 13.3. The van der Waals surface area contributed by atoms with Crippen LogP contribution in [0.4, 0.5) is 0 Å². The van der Waals surface area contributed by atoms with E-state index in [9.17, 15) is 0 Å². The third-order valence-corrected chi connectivity index (χ3v) is 31.8. The Balaban J connectivity index is 5.64. The molecule has 0 heterocycles. The molecule has 0 saturated heterocycles. The summed E-state index contributed by atoms with van der Waals surface area (Å²) in [6.45, 7) is 25.3. The second-order valence-corrected chi connectivity index (χ2v) is 23.4. The maximum atomic E-state index is 2.70. The van der Waals surface area contributed by atoms with Crippen molar-refractivity contribution in [3.63, 3.8) is 0 Å². The largest absolute Gasteiger partial charge is 0.0707 e. The van der Waals surface area contributed by atoms with Gasteiger partial charge in [0.05, 0.1) is 15.2 Å². The van der Waals surface area contributed by atoms with Gasteiger partial charge in [0.1, 0.15) is 0 Å². The monoisotopic (exact) mass is 258 g/mol. The van der Waals surface area contributed by atoms with E-state index < -0.39 is 15.2 Å². The fraction of sp³-hybridized carbons (Fsp3) is 1.00. The molecule has 0 aromatic carbocycles. The maximum Gasteiger partial charge on any atom is 0.0501 e. The summed E-state index contributed by atoms with van der Waals surface area (Å²) >= 11 is 0. The molecule has 0 aliphatic heterocycles. The van der Waals surface area contributed by atoms with Gasteiger partial charge in [0.2, 0.25) is 0 Å². The van der Waals surface area contributed by atoms with Crippen molar-refractivity contribution in [1.82, 2.24) is 0 Å². The lowest BCUT2D eigenvalue weighted by Gasteiger charge is -2.54. The molecule has 0 spiro atoms. The van der Waals surface area contributed by atoms with E-state index in [2.05, 4.69) is 68.5 Å². The van der Waals surface area contributed by atoms with Crippen LogP contribution in [-0.4, -0.2) is 15.2 Å². The van der Waals surface area contributed by atoms with Crippen molar-refractivity contribution >= 4 is 15.2 Å². The summed E-state index contributed by atoms with van der Waals surface area (Å²) in [6.07, 6.45) is 0. The molecule has 0 unspecified atom stereocenters. The first kappa shape index (κ1) is 16.4. The average Bonchev–Trinajstić information content (AvgIpc) is 2.13. The number of hydrogen-bond acceptors (Lipinski definition) is 0. The van der Waals surface area contributed by atoms with Crippen LogP contribution in [0.15, 0.2) is 0 Å². The molecule has 2 heteroatoms. The number of hydrogen-bond donors (Lipinski definition) is 0. The minimum Gasteiger partial charge on any atom is -0.0707 e. The molecule has 0 amide bonds. The van der Waals surface area contributed by atoms with E-state index in [0.29, 0.717) is 0 Å². The van der Waals surface area contributed by atoms with Gasteiger partial charge in [-0.25, -0.2) is 0 Å². The molecule has 0 rings (SSSR count). The van der Waals surface area contributed by atoms with Crippen LogP contribution in [0.2, 0.25) is 35.3 Å². The van der Waals surface area contributed by atoms with Crippen LogP contribution >= 0.6 is 0 Å². The fourth-order valence-electron chi connectivity index (χ4n) is 3.82. The van der Waals surface area contributed by atoms with Crippen molar-refractivity contribution in [3.8, 4) is 0 Å². The first-order valence-corrected chi connectivity index (χ1v) is 13.3. The highest BCUT2D eigenvalue weighted by Gasteiger charge is 2.54. The maximum absolute atomic E-state index is 2.70. The van der Waals surface area contributed by atoms with E-state index in [0.717, 1.165) is 22.2 Å². The van der Waals surface area contributed by atoms with E-state index >= 15 is 0 Å². The Labute approximate surface area is 106 Å². The van der Waals surface area contributed by atoms with E-state index in [1.165, 1.54) is 0 Å². The predicted octanol–water partition coefficient (Wildman–Crippen LogP) is 5.86. The summed E-state index contributed by atoms with van der Waals surface area (Å²) < 4.78 is 0. The predicted molar refractivity (Wildman–Crippen MR) is 83.6 cm³/mol. The second kappa shape index (κ2) is 5.39. The van der Waals surface area contributed by atoms with Crippen LogP contribution in [-0.2, 0) is 0 Å². The number of rotatable bonds is 5. The summed E-state index contributed by atoms with van der Waals surface area (Å²) in [5.41, 5.74) is 3.70. The molecular formula is C14H34Si2. The highest BCUT2D eigenvalue weighted by Crippen LogP contribution is 2.49. The highest BCUT2D eigenvalue weighted by atomic mass is 29.3. The third kappa shape index (κ3) is 2.33. The van der Waals surface area contributed by atoms with Gasteiger partial charge in [-0.3, -0.25) is 0 Å². The van der Waals surface area contributed by atoms with Crippen LogP contribution < -0.4 is 0 Å². The molecule has 16 heavy (non-hydrogen) atoms. The molecule has 0 fully saturated rings. The molecule has 0 saturated carbocycles. The van der Waals surface area contributed by atoms with Crippen molar-refractivity contribution in [1.29, 1.82) is 0 Å². The molecule has 0 aliphatic rings. The SMILES string of the molecule is CC(C)[Si](C)(C(C)C)[Si](C)(C(C)C)C(C)C. The van der Waals surface area contributed by atoms with Crippen LogP contribution in [0.25, 0.3) is 0 Å². The average molecular weight is 259 g/mol. The molecule has 0 bridgehead atoms. The van der Waals surface area contributed by atoms with Crippen molar-refractivity contribution in [2.45, 2.75) is 90.6 Å². The zero-order chi connectivity index (χ0) is 13.3. The zero-order valence-corrected chi connectivity index (χ0v) is 15.3. The minimum atomic E-state index is -1.15. The molecule has 0 radical (unpaired) electrons. The fourth-order valence-corrected chi connectivity index (χ4v) is 26.4. The van der Waals surface area contributed by atoms with Gasteiger partial charge in [-0.2, -0.15) is 0 Å². The Hall–Kier alpha value is 0.434. The van der Waals surface area contributed by atoms with E-state index in [1.807, 2.05) is 0 Å². The lowest BCUT2D eigenvalue weighted by Crippen LogP contribution is -2.65. The van der Waals surface area contributed by atoms with Crippen LogP contribution in [0.5, 0.6) is 0 Å². The molecular weight excluding hydrogens is 224 g/mol. The van der Waals surface area contributed by atoms with Gasteiger partial charge >= 0.3 is 0 Å². The summed E-state index contributed by atoms with van der Waals surface area (Å²) in [6, 6.07) is 0. The smallest absolute Gasteiger partial charge is 0.0501 e. The molecule has 0 N–H and O–H groups in total. The first-order valence-electron chi connectivity index (χ1n) is 7.02. The lowest BCUT2D eigenvalue weighted by atomic mass is 10.5. The standard InChI is InChI=1S/C14H34Si2/c1-11(2)15(9,12(3)4)16(10,13(5)6)14(7)8/h11-14H,1-10H3. The summed E-state index contributed by atoms with van der Waals surface area (Å²) in [4.78, 5) is 0.